The van der Waals surface area contributed by atoms with Gasteiger partial charge in [0.25, 0.3) is 5.91 Å². The molecule has 0 spiro atoms. The maximum atomic E-state index is 11.7. The van der Waals surface area contributed by atoms with Gasteiger partial charge in [-0.3, -0.25) is 10.1 Å². The summed E-state index contributed by atoms with van der Waals surface area (Å²) in [4.78, 5) is 22.8. The number of aromatic hydroxyl groups is 1. The maximum absolute atomic E-state index is 11.7. The zero-order valence-corrected chi connectivity index (χ0v) is 11.7. The Balaban J connectivity index is 2.17. The van der Waals surface area contributed by atoms with Crippen molar-refractivity contribution in [1.29, 1.82) is 0 Å². The van der Waals surface area contributed by atoms with Crippen LogP contribution in [-0.4, -0.2) is 30.2 Å². The van der Waals surface area contributed by atoms with Gasteiger partial charge in [-0.1, -0.05) is 24.3 Å². The lowest BCUT2D eigenvalue weighted by Crippen LogP contribution is -2.43. The fraction of sp³-hybridized carbons (Fsp3) is 0.200. The van der Waals surface area contributed by atoms with Gasteiger partial charge in [-0.2, -0.15) is 0 Å². The van der Waals surface area contributed by atoms with E-state index in [1.54, 1.807) is 12.1 Å². The number of imide groups is 1. The molecular weight excluding hydrogens is 272 g/mol. The van der Waals surface area contributed by atoms with E-state index in [-0.39, 0.29) is 11.5 Å². The molecule has 1 unspecified atom stereocenters. The van der Waals surface area contributed by atoms with Gasteiger partial charge in [-0.25, -0.2) is 4.79 Å². The Bertz CT molecular complexity index is 684. The van der Waals surface area contributed by atoms with Gasteiger partial charge < -0.3 is 15.2 Å². The van der Waals surface area contributed by atoms with Gasteiger partial charge in [-0.05, 0) is 29.8 Å². The first-order valence-electron chi connectivity index (χ1n) is 6.42. The quantitative estimate of drug-likeness (QED) is 0.803. The lowest BCUT2D eigenvalue weighted by Gasteiger charge is -2.15. The van der Waals surface area contributed by atoms with Crippen LogP contribution in [0.4, 0.5) is 4.79 Å². The third kappa shape index (κ3) is 3.42. The Morgan fingerprint density at radius 1 is 1.19 bits per heavy atom. The number of carbonyl (C=O) groups excluding carboxylic acids is 2. The minimum Gasteiger partial charge on any atom is -0.504 e. The molecule has 0 aliphatic carbocycles. The third-order valence-corrected chi connectivity index (χ3v) is 2.96. The van der Waals surface area contributed by atoms with E-state index in [2.05, 4.69) is 10.6 Å². The van der Waals surface area contributed by atoms with Crippen LogP contribution in [0.5, 0.6) is 11.5 Å². The van der Waals surface area contributed by atoms with Crippen molar-refractivity contribution in [2.24, 2.45) is 0 Å². The van der Waals surface area contributed by atoms with Crippen LogP contribution in [0, 0.1) is 0 Å². The van der Waals surface area contributed by atoms with Crippen LogP contribution >= 0.6 is 0 Å². The van der Waals surface area contributed by atoms with Crippen LogP contribution in [0.2, 0.25) is 0 Å². The Kier molecular flexibility index (Phi) is 4.27. The van der Waals surface area contributed by atoms with Crippen LogP contribution < -0.4 is 15.4 Å². The minimum absolute atomic E-state index is 0.0618. The van der Waals surface area contributed by atoms with Gasteiger partial charge in [0.15, 0.2) is 17.6 Å². The molecule has 0 saturated carbocycles. The van der Waals surface area contributed by atoms with Crippen molar-refractivity contribution >= 4 is 22.7 Å². The van der Waals surface area contributed by atoms with Gasteiger partial charge in [0.1, 0.15) is 0 Å². The first-order valence-corrected chi connectivity index (χ1v) is 6.42. The van der Waals surface area contributed by atoms with Crippen LogP contribution in [0.25, 0.3) is 10.8 Å². The number of fused-ring (bicyclic) bond motifs is 1. The molecule has 0 fully saturated rings. The van der Waals surface area contributed by atoms with E-state index in [0.717, 1.165) is 10.8 Å². The summed E-state index contributed by atoms with van der Waals surface area (Å²) in [5.41, 5.74) is 0. The number of urea groups is 1. The highest BCUT2D eigenvalue weighted by Crippen LogP contribution is 2.31. The average Bonchev–Trinajstić information content (AvgIpc) is 2.47. The van der Waals surface area contributed by atoms with Crippen molar-refractivity contribution in [3.05, 3.63) is 36.4 Å². The van der Waals surface area contributed by atoms with E-state index in [9.17, 15) is 14.7 Å². The van der Waals surface area contributed by atoms with E-state index >= 15 is 0 Å². The van der Waals surface area contributed by atoms with E-state index in [4.69, 9.17) is 4.74 Å². The smallest absolute Gasteiger partial charge is 0.321 e. The van der Waals surface area contributed by atoms with Crippen molar-refractivity contribution < 1.29 is 19.4 Å². The fourth-order valence-electron chi connectivity index (χ4n) is 1.82. The molecule has 0 aliphatic heterocycles. The molecule has 2 aromatic rings. The molecule has 0 aromatic heterocycles. The summed E-state index contributed by atoms with van der Waals surface area (Å²) < 4.78 is 5.42. The van der Waals surface area contributed by atoms with Gasteiger partial charge in [0.05, 0.1) is 0 Å². The number of hydrogen-bond donors (Lipinski definition) is 3. The van der Waals surface area contributed by atoms with Gasteiger partial charge in [0, 0.05) is 7.05 Å². The lowest BCUT2D eigenvalue weighted by atomic mass is 10.1. The zero-order chi connectivity index (χ0) is 15.4. The number of benzene rings is 2. The Morgan fingerprint density at radius 2 is 1.81 bits per heavy atom. The van der Waals surface area contributed by atoms with Crippen LogP contribution in [0.15, 0.2) is 36.4 Å². The fourth-order valence-corrected chi connectivity index (χ4v) is 1.82. The average molecular weight is 288 g/mol. The monoisotopic (exact) mass is 288 g/mol. The molecule has 21 heavy (non-hydrogen) atoms. The van der Waals surface area contributed by atoms with Crippen LogP contribution in [0.1, 0.15) is 6.92 Å². The second-order valence-corrected chi connectivity index (χ2v) is 4.50. The summed E-state index contributed by atoms with van der Waals surface area (Å²) in [6.07, 6.45) is -0.922. The molecule has 0 radical (unpaired) electrons. The molecule has 6 heteroatoms. The molecule has 110 valence electrons. The molecule has 0 saturated heterocycles. The summed E-state index contributed by atoms with van der Waals surface area (Å²) in [6, 6.07) is 10.1. The molecule has 0 bridgehead atoms. The molecule has 3 amide bonds. The third-order valence-electron chi connectivity index (χ3n) is 2.96. The number of rotatable bonds is 3. The Labute approximate surface area is 121 Å². The summed E-state index contributed by atoms with van der Waals surface area (Å²) in [5, 5.41) is 16.1. The topological polar surface area (TPSA) is 87.7 Å². The number of ether oxygens (including phenoxy) is 1. The number of nitrogens with one attached hydrogen (secondary N) is 2. The van der Waals surface area contributed by atoms with Crippen molar-refractivity contribution in [3.8, 4) is 11.5 Å². The molecular formula is C15H16N2O4. The van der Waals surface area contributed by atoms with Gasteiger partial charge >= 0.3 is 6.03 Å². The standard InChI is InChI=1S/C15H16N2O4/c1-9(14(19)17-15(20)16-2)21-13-8-11-6-4-3-5-10(11)7-12(13)18/h3-9,18H,1-2H3,(H2,16,17,19,20). The normalized spacial score (nSPS) is 11.7. The Hall–Kier alpha value is -2.76. The van der Waals surface area contributed by atoms with Crippen molar-refractivity contribution in [2.75, 3.05) is 7.05 Å². The summed E-state index contributed by atoms with van der Waals surface area (Å²) in [5.74, 6) is -0.469. The van der Waals surface area contributed by atoms with E-state index < -0.39 is 18.0 Å². The molecule has 3 N–H and O–H groups in total. The molecule has 1 atom stereocenters. The first-order chi connectivity index (χ1) is 10.0. The van der Waals surface area contributed by atoms with E-state index in [1.165, 1.54) is 14.0 Å². The SMILES string of the molecule is CNC(=O)NC(=O)C(C)Oc1cc2ccccc2cc1O. The van der Waals surface area contributed by atoms with Gasteiger partial charge in [-0.15, -0.1) is 0 Å². The number of amides is 3. The number of phenolic OH excluding ortho intramolecular Hbond substituents is 1. The summed E-state index contributed by atoms with van der Waals surface area (Å²) >= 11 is 0. The summed E-state index contributed by atoms with van der Waals surface area (Å²) in [7, 11) is 1.41. The maximum Gasteiger partial charge on any atom is 0.321 e. The Morgan fingerprint density at radius 3 is 2.43 bits per heavy atom. The minimum atomic E-state index is -0.922. The summed E-state index contributed by atoms with van der Waals surface area (Å²) in [6.45, 7) is 1.49. The van der Waals surface area contributed by atoms with Crippen LogP contribution in [0.3, 0.4) is 0 Å². The van der Waals surface area contributed by atoms with Crippen molar-refractivity contribution in [2.45, 2.75) is 13.0 Å². The molecule has 2 aromatic carbocycles. The molecule has 2 rings (SSSR count). The zero-order valence-electron chi connectivity index (χ0n) is 11.7. The van der Waals surface area contributed by atoms with Gasteiger partial charge in [0.2, 0.25) is 0 Å². The van der Waals surface area contributed by atoms with E-state index in [1.807, 2.05) is 24.3 Å². The van der Waals surface area contributed by atoms with Crippen molar-refractivity contribution in [3.63, 3.8) is 0 Å². The van der Waals surface area contributed by atoms with Crippen molar-refractivity contribution in [1.82, 2.24) is 10.6 Å². The molecule has 6 nitrogen and oxygen atoms in total. The second-order valence-electron chi connectivity index (χ2n) is 4.50. The highest BCUT2D eigenvalue weighted by atomic mass is 16.5. The predicted octanol–water partition coefficient (Wildman–Crippen LogP) is 1.77. The first kappa shape index (κ1) is 14.6. The highest BCUT2D eigenvalue weighted by molar-refractivity contribution is 5.96. The number of hydrogen-bond acceptors (Lipinski definition) is 4. The largest absolute Gasteiger partial charge is 0.504 e. The molecule has 0 aliphatic rings. The lowest BCUT2D eigenvalue weighted by molar-refractivity contribution is -0.126. The second kappa shape index (κ2) is 6.13. The van der Waals surface area contributed by atoms with Crippen LogP contribution in [-0.2, 0) is 4.79 Å². The molecule has 0 heterocycles. The number of phenols is 1. The number of carbonyl (C=O) groups is 2. The predicted molar refractivity (Wildman–Crippen MR) is 78.3 cm³/mol. The van der Waals surface area contributed by atoms with E-state index in [0.29, 0.717) is 0 Å². The highest BCUT2D eigenvalue weighted by Gasteiger charge is 2.18.